The van der Waals surface area contributed by atoms with E-state index in [0.29, 0.717) is 5.92 Å². The van der Waals surface area contributed by atoms with E-state index in [9.17, 15) is 0 Å². The SMILES string of the molecule is C=C1CCC2CCCCC2C1[C-]1C=CC=C[N+]1=C. The number of nitrogens with zero attached hydrogens (tertiary/aromatic N) is 1. The first-order valence-electron chi connectivity index (χ1n) is 7.26. The van der Waals surface area contributed by atoms with Gasteiger partial charge in [-0.2, -0.15) is 0 Å². The van der Waals surface area contributed by atoms with Crippen LogP contribution in [0.1, 0.15) is 38.5 Å². The molecule has 96 valence electrons. The molecule has 3 rings (SSSR count). The molecule has 0 saturated heterocycles. The second-order valence-corrected chi connectivity index (χ2v) is 5.98. The van der Waals surface area contributed by atoms with Gasteiger partial charge < -0.3 is 0 Å². The molecule has 2 saturated carbocycles. The van der Waals surface area contributed by atoms with Gasteiger partial charge in [0.25, 0.3) is 0 Å². The molecule has 3 aliphatic rings. The zero-order valence-electron chi connectivity index (χ0n) is 11.1. The molecule has 0 bridgehead atoms. The smallest absolute Gasteiger partial charge is 0.107 e. The number of hydrogen-bond donors (Lipinski definition) is 0. The highest BCUT2D eigenvalue weighted by Gasteiger charge is 2.41. The van der Waals surface area contributed by atoms with Crippen LogP contribution in [0.15, 0.2) is 36.6 Å². The summed E-state index contributed by atoms with van der Waals surface area (Å²) in [5.74, 6) is 2.28. The molecule has 0 N–H and O–H groups in total. The first-order valence-corrected chi connectivity index (χ1v) is 7.26. The van der Waals surface area contributed by atoms with Gasteiger partial charge in [0.1, 0.15) is 6.04 Å². The second-order valence-electron chi connectivity index (χ2n) is 5.98. The maximum Gasteiger partial charge on any atom is 0.107 e. The summed E-state index contributed by atoms with van der Waals surface area (Å²) in [4.78, 5) is 0. The Kier molecular flexibility index (Phi) is 3.15. The Hall–Kier alpha value is -1.24. The van der Waals surface area contributed by atoms with Crippen molar-refractivity contribution in [3.8, 4) is 0 Å². The monoisotopic (exact) mass is 241 g/mol. The predicted molar refractivity (Wildman–Crippen MR) is 76.2 cm³/mol. The zero-order chi connectivity index (χ0) is 12.5. The lowest BCUT2D eigenvalue weighted by atomic mass is 9.61. The first-order chi connectivity index (χ1) is 8.77. The Morgan fingerprint density at radius 2 is 2.00 bits per heavy atom. The Morgan fingerprint density at radius 3 is 2.83 bits per heavy atom. The normalized spacial score (nSPS) is 35.8. The molecule has 0 spiro atoms. The second kappa shape index (κ2) is 4.79. The molecule has 0 amide bonds. The summed E-state index contributed by atoms with van der Waals surface area (Å²) in [6.45, 7) is 8.51. The molecule has 3 atom stereocenters. The lowest BCUT2D eigenvalue weighted by molar-refractivity contribution is -0.436. The van der Waals surface area contributed by atoms with E-state index in [1.165, 1.54) is 50.1 Å². The van der Waals surface area contributed by atoms with Crippen LogP contribution in [0, 0.1) is 23.8 Å². The van der Waals surface area contributed by atoms with E-state index >= 15 is 0 Å². The Labute approximate surface area is 111 Å². The quantitative estimate of drug-likeness (QED) is 0.369. The van der Waals surface area contributed by atoms with E-state index < -0.39 is 0 Å². The molecule has 18 heavy (non-hydrogen) atoms. The molecular formula is C17H23N. The Bertz CT molecular complexity index is 415. The van der Waals surface area contributed by atoms with Crippen molar-refractivity contribution in [2.75, 3.05) is 0 Å². The van der Waals surface area contributed by atoms with Gasteiger partial charge in [0, 0.05) is 5.92 Å². The molecule has 1 nitrogen and oxygen atoms in total. The van der Waals surface area contributed by atoms with Gasteiger partial charge in [0.05, 0.1) is 12.9 Å². The highest BCUT2D eigenvalue weighted by atomic mass is 15.0. The molecule has 0 aromatic heterocycles. The zero-order valence-corrected chi connectivity index (χ0v) is 11.1. The largest absolute Gasteiger partial charge is 0.298 e. The van der Waals surface area contributed by atoms with Crippen LogP contribution in [0.25, 0.3) is 0 Å². The third kappa shape index (κ3) is 1.96. The molecule has 2 aliphatic carbocycles. The average Bonchev–Trinajstić information content (AvgIpc) is 2.40. The number of hydrogen-bond acceptors (Lipinski definition) is 0. The maximum absolute atomic E-state index is 4.36. The third-order valence-corrected chi connectivity index (χ3v) is 4.97. The molecule has 1 heteroatoms. The van der Waals surface area contributed by atoms with Crippen molar-refractivity contribution in [3.05, 3.63) is 42.6 Å². The summed E-state index contributed by atoms with van der Waals surface area (Å²) < 4.78 is 2.05. The van der Waals surface area contributed by atoms with Crippen LogP contribution in [0.4, 0.5) is 0 Å². The highest BCUT2D eigenvalue weighted by molar-refractivity contribution is 5.29. The molecule has 3 unspecified atom stereocenters. The van der Waals surface area contributed by atoms with Crippen molar-refractivity contribution < 1.29 is 4.58 Å². The minimum Gasteiger partial charge on any atom is -0.298 e. The van der Waals surface area contributed by atoms with Gasteiger partial charge in [-0.05, 0) is 31.1 Å². The molecular weight excluding hydrogens is 218 g/mol. The lowest BCUT2D eigenvalue weighted by Crippen LogP contribution is -2.38. The summed E-state index contributed by atoms with van der Waals surface area (Å²) in [5, 5.41) is 0. The van der Waals surface area contributed by atoms with E-state index in [1.807, 2.05) is 4.58 Å². The van der Waals surface area contributed by atoms with Gasteiger partial charge in [-0.3, -0.25) is 4.58 Å². The molecule has 1 heterocycles. The fourth-order valence-electron chi connectivity index (χ4n) is 4.06. The first kappa shape index (κ1) is 11.8. The summed E-state index contributed by atoms with van der Waals surface area (Å²) in [7, 11) is 0. The molecule has 0 aromatic rings. The minimum atomic E-state index is 0.544. The highest BCUT2D eigenvalue weighted by Crippen LogP contribution is 2.49. The average molecular weight is 241 g/mol. The number of rotatable bonds is 1. The van der Waals surface area contributed by atoms with Crippen LogP contribution in [-0.4, -0.2) is 11.3 Å². The van der Waals surface area contributed by atoms with E-state index in [2.05, 4.69) is 37.7 Å². The predicted octanol–water partition coefficient (Wildman–Crippen LogP) is 4.09. The Morgan fingerprint density at radius 1 is 1.17 bits per heavy atom. The number of fused-ring (bicyclic) bond motifs is 1. The van der Waals surface area contributed by atoms with Crippen molar-refractivity contribution in [2.45, 2.75) is 38.5 Å². The van der Waals surface area contributed by atoms with Crippen LogP contribution in [0.5, 0.6) is 0 Å². The fraction of sp³-hybridized carbons (Fsp3) is 0.529. The summed E-state index contributed by atoms with van der Waals surface area (Å²) in [6, 6.07) is 1.36. The summed E-state index contributed by atoms with van der Waals surface area (Å²) >= 11 is 0. The van der Waals surface area contributed by atoms with Gasteiger partial charge >= 0.3 is 0 Å². The molecule has 0 aromatic carbocycles. The van der Waals surface area contributed by atoms with Crippen molar-refractivity contribution in [3.63, 3.8) is 0 Å². The van der Waals surface area contributed by atoms with Crippen LogP contribution < -0.4 is 0 Å². The van der Waals surface area contributed by atoms with E-state index in [-0.39, 0.29) is 0 Å². The van der Waals surface area contributed by atoms with Crippen LogP contribution in [0.2, 0.25) is 0 Å². The van der Waals surface area contributed by atoms with Crippen LogP contribution in [-0.2, 0) is 0 Å². The van der Waals surface area contributed by atoms with Crippen LogP contribution >= 0.6 is 0 Å². The van der Waals surface area contributed by atoms with Gasteiger partial charge in [0.2, 0.25) is 0 Å². The minimum absolute atomic E-state index is 0.544. The van der Waals surface area contributed by atoms with E-state index in [4.69, 9.17) is 0 Å². The Balaban J connectivity index is 1.87. The van der Waals surface area contributed by atoms with Gasteiger partial charge in [-0.15, -0.1) is 6.08 Å². The molecule has 1 aliphatic heterocycles. The van der Waals surface area contributed by atoms with E-state index in [0.717, 1.165) is 11.8 Å². The fourth-order valence-corrected chi connectivity index (χ4v) is 4.06. The van der Waals surface area contributed by atoms with Gasteiger partial charge in [-0.25, -0.2) is 0 Å². The molecule has 0 radical (unpaired) electrons. The summed E-state index contributed by atoms with van der Waals surface area (Å²) in [6.07, 6.45) is 16.7. The maximum atomic E-state index is 4.36. The van der Waals surface area contributed by atoms with Gasteiger partial charge in [0.15, 0.2) is 0 Å². The summed E-state index contributed by atoms with van der Waals surface area (Å²) in [5.41, 5.74) is 1.43. The van der Waals surface area contributed by atoms with Gasteiger partial charge in [-0.1, -0.05) is 43.6 Å². The van der Waals surface area contributed by atoms with Crippen molar-refractivity contribution >= 4 is 6.72 Å². The lowest BCUT2D eigenvalue weighted by Gasteiger charge is -2.45. The van der Waals surface area contributed by atoms with E-state index in [1.54, 1.807) is 0 Å². The van der Waals surface area contributed by atoms with Crippen molar-refractivity contribution in [2.24, 2.45) is 17.8 Å². The van der Waals surface area contributed by atoms with Crippen molar-refractivity contribution in [1.82, 2.24) is 0 Å². The standard InChI is InChI=1S/C17H23N/c1-13-10-11-14-7-3-4-8-15(14)17(13)16-9-5-6-12-18(16)2/h5-6,9,12,14-15,17H,1-4,7-8,10-11H2. The number of allylic oxidation sites excluding steroid dienone is 2. The molecule has 2 fully saturated rings. The van der Waals surface area contributed by atoms with Crippen molar-refractivity contribution in [1.29, 1.82) is 0 Å². The van der Waals surface area contributed by atoms with Crippen LogP contribution in [0.3, 0.4) is 0 Å². The third-order valence-electron chi connectivity index (χ3n) is 4.97. The topological polar surface area (TPSA) is 3.01 Å².